The summed E-state index contributed by atoms with van der Waals surface area (Å²) in [5.74, 6) is 0.132. The predicted molar refractivity (Wildman–Crippen MR) is 80.9 cm³/mol. The average molecular weight is 305 g/mol. The van der Waals surface area contributed by atoms with Gasteiger partial charge in [-0.25, -0.2) is 9.37 Å². The van der Waals surface area contributed by atoms with Crippen LogP contribution in [0.2, 0.25) is 5.02 Å². The summed E-state index contributed by atoms with van der Waals surface area (Å²) in [5, 5.41) is 10.3. The Morgan fingerprint density at radius 1 is 1.24 bits per heavy atom. The van der Waals surface area contributed by atoms with Gasteiger partial charge < -0.3 is 9.67 Å². The van der Waals surface area contributed by atoms with E-state index in [9.17, 15) is 9.50 Å². The molecule has 0 bridgehead atoms. The van der Waals surface area contributed by atoms with Gasteiger partial charge in [-0.3, -0.25) is 0 Å². The van der Waals surface area contributed by atoms with Crippen LogP contribution in [-0.4, -0.2) is 14.7 Å². The summed E-state index contributed by atoms with van der Waals surface area (Å²) in [7, 11) is 0. The number of aromatic nitrogens is 2. The molecule has 1 heterocycles. The molecule has 0 saturated carbocycles. The van der Waals surface area contributed by atoms with Crippen LogP contribution >= 0.6 is 11.6 Å². The highest BCUT2D eigenvalue weighted by Crippen LogP contribution is 2.26. The summed E-state index contributed by atoms with van der Waals surface area (Å²) in [6.07, 6.45) is -0.747. The number of hydrogen-bond donors (Lipinski definition) is 1. The second kappa shape index (κ2) is 5.47. The van der Waals surface area contributed by atoms with Crippen LogP contribution in [0.5, 0.6) is 0 Å². The summed E-state index contributed by atoms with van der Waals surface area (Å²) < 4.78 is 15.8. The van der Waals surface area contributed by atoms with Gasteiger partial charge in [0.1, 0.15) is 17.7 Å². The number of imidazole rings is 1. The van der Waals surface area contributed by atoms with Crippen LogP contribution in [0.3, 0.4) is 0 Å². The van der Waals surface area contributed by atoms with Gasteiger partial charge >= 0.3 is 0 Å². The van der Waals surface area contributed by atoms with Gasteiger partial charge in [-0.1, -0.05) is 29.8 Å². The lowest BCUT2D eigenvalue weighted by molar-refractivity contribution is 0.185. The van der Waals surface area contributed by atoms with Gasteiger partial charge in [-0.15, -0.1) is 0 Å². The summed E-state index contributed by atoms with van der Waals surface area (Å²) in [5.41, 5.74) is 2.00. The number of hydrogen-bond acceptors (Lipinski definition) is 2. The van der Waals surface area contributed by atoms with E-state index < -0.39 is 6.10 Å². The van der Waals surface area contributed by atoms with Gasteiger partial charge in [-0.05, 0) is 31.2 Å². The predicted octanol–water partition coefficient (Wildman–Crippen LogP) is 3.93. The average Bonchev–Trinajstić information content (AvgIpc) is 2.82. The van der Waals surface area contributed by atoms with Gasteiger partial charge in [-0.2, -0.15) is 0 Å². The lowest BCUT2D eigenvalue weighted by Gasteiger charge is -2.12. The molecule has 0 unspecified atom stereocenters. The first-order valence-electron chi connectivity index (χ1n) is 6.64. The fourth-order valence-corrected chi connectivity index (χ4v) is 2.64. The van der Waals surface area contributed by atoms with Crippen LogP contribution in [-0.2, 0) is 6.54 Å². The number of nitrogens with zero attached hydrogens (tertiary/aromatic N) is 2. The van der Waals surface area contributed by atoms with Crippen LogP contribution in [0.4, 0.5) is 4.39 Å². The van der Waals surface area contributed by atoms with Crippen molar-refractivity contribution in [2.45, 2.75) is 19.6 Å². The Morgan fingerprint density at radius 2 is 2.00 bits per heavy atom. The van der Waals surface area contributed by atoms with E-state index in [4.69, 9.17) is 11.6 Å². The molecule has 0 fully saturated rings. The molecule has 0 radical (unpaired) electrons. The SMILES string of the molecule is C[C@@H](O)c1nc2ccccc2n1Cc1c(F)cccc1Cl. The van der Waals surface area contributed by atoms with Gasteiger partial charge in [0.15, 0.2) is 0 Å². The minimum absolute atomic E-state index is 0.228. The van der Waals surface area contributed by atoms with Gasteiger partial charge in [0.05, 0.1) is 17.6 Å². The van der Waals surface area contributed by atoms with Crippen LogP contribution < -0.4 is 0 Å². The zero-order chi connectivity index (χ0) is 15.0. The fraction of sp³-hybridized carbons (Fsp3) is 0.188. The molecule has 1 atom stereocenters. The monoisotopic (exact) mass is 304 g/mol. The van der Waals surface area contributed by atoms with Crippen molar-refractivity contribution in [2.75, 3.05) is 0 Å². The normalized spacial score (nSPS) is 12.8. The first kappa shape index (κ1) is 14.0. The molecule has 1 aromatic heterocycles. The molecule has 2 aromatic carbocycles. The quantitative estimate of drug-likeness (QED) is 0.796. The standard InChI is InChI=1S/C16H14ClFN2O/c1-10(21)16-19-14-7-2-3-8-15(14)20(16)9-11-12(17)5-4-6-13(11)18/h2-8,10,21H,9H2,1H3/t10-/m1/s1. The van der Waals surface area contributed by atoms with E-state index in [-0.39, 0.29) is 12.4 Å². The number of benzene rings is 2. The molecule has 0 aliphatic heterocycles. The molecular formula is C16H14ClFN2O. The van der Waals surface area contributed by atoms with E-state index in [1.807, 2.05) is 24.3 Å². The van der Waals surface area contributed by atoms with Gasteiger partial charge in [0, 0.05) is 10.6 Å². The topological polar surface area (TPSA) is 38.1 Å². The number of rotatable bonds is 3. The maximum atomic E-state index is 14.0. The van der Waals surface area contributed by atoms with Gasteiger partial charge in [0.25, 0.3) is 0 Å². The Balaban J connectivity index is 2.17. The van der Waals surface area contributed by atoms with Crippen molar-refractivity contribution in [3.05, 3.63) is 64.7 Å². The number of halogens is 2. The Morgan fingerprint density at radius 3 is 2.71 bits per heavy atom. The molecule has 3 aromatic rings. The van der Waals surface area contributed by atoms with Crippen LogP contribution in [0.25, 0.3) is 11.0 Å². The van der Waals surface area contributed by atoms with Crippen molar-refractivity contribution >= 4 is 22.6 Å². The van der Waals surface area contributed by atoms with Crippen LogP contribution in [0.1, 0.15) is 24.4 Å². The maximum absolute atomic E-state index is 14.0. The molecule has 108 valence electrons. The Hall–Kier alpha value is -1.91. The maximum Gasteiger partial charge on any atom is 0.138 e. The van der Waals surface area contributed by atoms with Crippen molar-refractivity contribution in [3.8, 4) is 0 Å². The highest BCUT2D eigenvalue weighted by molar-refractivity contribution is 6.31. The summed E-state index contributed by atoms with van der Waals surface area (Å²) in [4.78, 5) is 4.42. The molecule has 3 nitrogen and oxygen atoms in total. The summed E-state index contributed by atoms with van der Waals surface area (Å²) in [6.45, 7) is 1.87. The smallest absolute Gasteiger partial charge is 0.138 e. The molecule has 0 spiro atoms. The van der Waals surface area contributed by atoms with E-state index >= 15 is 0 Å². The molecule has 1 N–H and O–H groups in total. The van der Waals surface area contributed by atoms with Crippen molar-refractivity contribution in [1.29, 1.82) is 0 Å². The molecule has 0 saturated heterocycles. The summed E-state index contributed by atoms with van der Waals surface area (Å²) >= 11 is 6.09. The highest BCUT2D eigenvalue weighted by Gasteiger charge is 2.17. The molecule has 5 heteroatoms. The van der Waals surface area contributed by atoms with E-state index in [1.165, 1.54) is 6.07 Å². The fourth-order valence-electron chi connectivity index (χ4n) is 2.42. The van der Waals surface area contributed by atoms with E-state index in [2.05, 4.69) is 4.98 Å². The Bertz CT molecular complexity index is 778. The third-order valence-corrected chi connectivity index (χ3v) is 3.79. The Labute approximate surface area is 126 Å². The number of fused-ring (bicyclic) bond motifs is 1. The molecule has 21 heavy (non-hydrogen) atoms. The molecule has 3 rings (SSSR count). The number of aliphatic hydroxyl groups is 1. The van der Waals surface area contributed by atoms with Crippen molar-refractivity contribution in [2.24, 2.45) is 0 Å². The zero-order valence-corrected chi connectivity index (χ0v) is 12.2. The first-order valence-corrected chi connectivity index (χ1v) is 7.02. The van der Waals surface area contributed by atoms with Gasteiger partial charge in [0.2, 0.25) is 0 Å². The number of para-hydroxylation sites is 2. The first-order chi connectivity index (χ1) is 10.1. The van der Waals surface area contributed by atoms with Crippen molar-refractivity contribution < 1.29 is 9.50 Å². The van der Waals surface area contributed by atoms with Crippen molar-refractivity contribution in [1.82, 2.24) is 9.55 Å². The molecule has 0 aliphatic carbocycles. The lowest BCUT2D eigenvalue weighted by Crippen LogP contribution is -2.09. The minimum atomic E-state index is -0.747. The minimum Gasteiger partial charge on any atom is -0.385 e. The van der Waals surface area contributed by atoms with Crippen molar-refractivity contribution in [3.63, 3.8) is 0 Å². The highest BCUT2D eigenvalue weighted by atomic mass is 35.5. The zero-order valence-electron chi connectivity index (χ0n) is 11.4. The third-order valence-electron chi connectivity index (χ3n) is 3.44. The second-order valence-corrected chi connectivity index (χ2v) is 5.33. The molecular weight excluding hydrogens is 291 g/mol. The van der Waals surface area contributed by atoms with E-state index in [1.54, 1.807) is 23.6 Å². The van der Waals surface area contributed by atoms with Crippen LogP contribution in [0, 0.1) is 5.82 Å². The van der Waals surface area contributed by atoms with Crippen LogP contribution in [0.15, 0.2) is 42.5 Å². The van der Waals surface area contributed by atoms with E-state index in [0.717, 1.165) is 11.0 Å². The number of aliphatic hydroxyl groups excluding tert-OH is 1. The van der Waals surface area contributed by atoms with E-state index in [0.29, 0.717) is 16.4 Å². The molecule has 0 aliphatic rings. The third kappa shape index (κ3) is 2.52. The largest absolute Gasteiger partial charge is 0.385 e. The summed E-state index contributed by atoms with van der Waals surface area (Å²) in [6, 6.07) is 12.1. The second-order valence-electron chi connectivity index (χ2n) is 4.92. The lowest BCUT2D eigenvalue weighted by atomic mass is 10.2. The molecule has 0 amide bonds. The Kier molecular flexibility index (Phi) is 3.66.